The summed E-state index contributed by atoms with van der Waals surface area (Å²) in [7, 11) is 0. The van der Waals surface area contributed by atoms with Gasteiger partial charge >= 0.3 is 0 Å². The number of amides is 2. The number of carbonyl (C=O) groups excluding carboxylic acids is 2. The first-order chi connectivity index (χ1) is 13.9. The van der Waals surface area contributed by atoms with E-state index in [0.29, 0.717) is 27.1 Å². The van der Waals surface area contributed by atoms with Gasteiger partial charge in [0.15, 0.2) is 0 Å². The van der Waals surface area contributed by atoms with E-state index in [2.05, 4.69) is 0 Å². The number of furan rings is 1. The van der Waals surface area contributed by atoms with E-state index in [9.17, 15) is 14.0 Å². The molecular formula is C21H12Cl2FNO3S. The van der Waals surface area contributed by atoms with Crippen LogP contribution in [0.1, 0.15) is 11.3 Å². The molecule has 29 heavy (non-hydrogen) atoms. The van der Waals surface area contributed by atoms with Crippen LogP contribution in [0.2, 0.25) is 10.0 Å². The lowest BCUT2D eigenvalue weighted by atomic mass is 10.2. The summed E-state index contributed by atoms with van der Waals surface area (Å²) in [5.74, 6) is -0.103. The second-order valence-electron chi connectivity index (χ2n) is 6.19. The van der Waals surface area contributed by atoms with Gasteiger partial charge in [-0.1, -0.05) is 41.4 Å². The standard InChI is InChI=1S/C21H12Cl2FNO3S/c22-13-5-7-16(23)15(9-13)18-8-6-14(28-18)10-19-20(26)25(21(27)29-19)11-12-3-1-2-4-17(12)24/h1-10H,11H2/b19-10+. The van der Waals surface area contributed by atoms with E-state index in [1.54, 1.807) is 42.5 Å². The molecule has 0 bridgehead atoms. The van der Waals surface area contributed by atoms with E-state index in [4.69, 9.17) is 27.6 Å². The van der Waals surface area contributed by atoms with E-state index < -0.39 is 17.0 Å². The summed E-state index contributed by atoms with van der Waals surface area (Å²) in [4.78, 5) is 26.1. The van der Waals surface area contributed by atoms with Gasteiger partial charge in [0.2, 0.25) is 0 Å². The molecule has 0 spiro atoms. The predicted octanol–water partition coefficient (Wildman–Crippen LogP) is 6.63. The number of nitrogens with zero attached hydrogens (tertiary/aromatic N) is 1. The minimum absolute atomic E-state index is 0.129. The highest BCUT2D eigenvalue weighted by atomic mass is 35.5. The number of hydrogen-bond acceptors (Lipinski definition) is 4. The number of carbonyl (C=O) groups is 2. The van der Waals surface area contributed by atoms with Crippen molar-refractivity contribution in [3.8, 4) is 11.3 Å². The zero-order valence-corrected chi connectivity index (χ0v) is 17.0. The van der Waals surface area contributed by atoms with E-state index in [-0.39, 0.29) is 17.0 Å². The van der Waals surface area contributed by atoms with Crippen LogP contribution in [0.4, 0.5) is 9.18 Å². The fraction of sp³-hybridized carbons (Fsp3) is 0.0476. The summed E-state index contributed by atoms with van der Waals surface area (Å²) in [6.45, 7) is -0.129. The largest absolute Gasteiger partial charge is 0.457 e. The summed E-state index contributed by atoms with van der Waals surface area (Å²) < 4.78 is 19.6. The highest BCUT2D eigenvalue weighted by molar-refractivity contribution is 8.18. The number of imide groups is 1. The molecule has 8 heteroatoms. The molecule has 1 aromatic heterocycles. The molecule has 1 aliphatic rings. The van der Waals surface area contributed by atoms with Gasteiger partial charge in [0.1, 0.15) is 17.3 Å². The van der Waals surface area contributed by atoms with Crippen molar-refractivity contribution in [2.45, 2.75) is 6.54 Å². The van der Waals surface area contributed by atoms with Crippen LogP contribution >= 0.6 is 35.0 Å². The van der Waals surface area contributed by atoms with Crippen LogP contribution in [0.25, 0.3) is 17.4 Å². The number of halogens is 3. The highest BCUT2D eigenvalue weighted by Gasteiger charge is 2.35. The average Bonchev–Trinajstić information content (AvgIpc) is 3.25. The van der Waals surface area contributed by atoms with Crippen LogP contribution < -0.4 is 0 Å². The molecule has 0 N–H and O–H groups in total. The van der Waals surface area contributed by atoms with Crippen molar-refractivity contribution in [3.63, 3.8) is 0 Å². The van der Waals surface area contributed by atoms with Gasteiger partial charge in [0.25, 0.3) is 11.1 Å². The molecular weight excluding hydrogens is 436 g/mol. The van der Waals surface area contributed by atoms with Gasteiger partial charge in [-0.2, -0.15) is 0 Å². The van der Waals surface area contributed by atoms with Crippen molar-refractivity contribution in [2.24, 2.45) is 0 Å². The van der Waals surface area contributed by atoms with Crippen LogP contribution in [-0.4, -0.2) is 16.0 Å². The molecule has 0 unspecified atom stereocenters. The Morgan fingerprint density at radius 2 is 1.86 bits per heavy atom. The molecule has 2 aromatic carbocycles. The second-order valence-corrected chi connectivity index (χ2v) is 8.02. The topological polar surface area (TPSA) is 50.5 Å². The third-order valence-corrected chi connectivity index (χ3v) is 5.73. The van der Waals surface area contributed by atoms with Crippen LogP contribution in [-0.2, 0) is 11.3 Å². The van der Waals surface area contributed by atoms with Crippen molar-refractivity contribution in [1.82, 2.24) is 4.90 Å². The molecule has 1 aliphatic heterocycles. The maximum atomic E-state index is 13.9. The van der Waals surface area contributed by atoms with Gasteiger partial charge in [-0.25, -0.2) is 4.39 Å². The minimum atomic E-state index is -0.498. The lowest BCUT2D eigenvalue weighted by Crippen LogP contribution is -2.27. The minimum Gasteiger partial charge on any atom is -0.457 e. The van der Waals surface area contributed by atoms with E-state index in [0.717, 1.165) is 16.7 Å². The summed E-state index contributed by atoms with van der Waals surface area (Å²) in [5.41, 5.74) is 0.887. The zero-order chi connectivity index (χ0) is 20.5. The summed E-state index contributed by atoms with van der Waals surface area (Å²) >= 11 is 13.0. The van der Waals surface area contributed by atoms with Gasteiger partial charge in [-0.05, 0) is 48.2 Å². The third-order valence-electron chi connectivity index (χ3n) is 4.25. The Balaban J connectivity index is 1.57. The third kappa shape index (κ3) is 4.10. The molecule has 2 heterocycles. The van der Waals surface area contributed by atoms with Crippen molar-refractivity contribution in [3.05, 3.63) is 86.7 Å². The molecule has 146 valence electrons. The van der Waals surface area contributed by atoms with Gasteiger partial charge in [0.05, 0.1) is 16.5 Å². The number of hydrogen-bond donors (Lipinski definition) is 0. The van der Waals surface area contributed by atoms with E-state index in [1.807, 2.05) is 0 Å². The fourth-order valence-corrected chi connectivity index (χ4v) is 4.03. The summed E-state index contributed by atoms with van der Waals surface area (Å²) in [5, 5.41) is 0.520. The van der Waals surface area contributed by atoms with Crippen molar-refractivity contribution >= 4 is 52.2 Å². The first-order valence-electron chi connectivity index (χ1n) is 8.46. The van der Waals surface area contributed by atoms with E-state index in [1.165, 1.54) is 18.2 Å². The van der Waals surface area contributed by atoms with E-state index >= 15 is 0 Å². The number of benzene rings is 2. The number of thioether (sulfide) groups is 1. The Morgan fingerprint density at radius 1 is 1.07 bits per heavy atom. The fourth-order valence-electron chi connectivity index (χ4n) is 2.82. The molecule has 1 saturated heterocycles. The van der Waals surface area contributed by atoms with Crippen LogP contribution in [0, 0.1) is 5.82 Å². The monoisotopic (exact) mass is 447 g/mol. The smallest absolute Gasteiger partial charge is 0.293 e. The van der Waals surface area contributed by atoms with Gasteiger partial charge in [-0.15, -0.1) is 0 Å². The summed E-state index contributed by atoms with van der Waals surface area (Å²) in [6.07, 6.45) is 1.48. The molecule has 1 fully saturated rings. The Hall–Kier alpha value is -2.54. The maximum absolute atomic E-state index is 13.9. The lowest BCUT2D eigenvalue weighted by Gasteiger charge is -2.12. The van der Waals surface area contributed by atoms with Crippen molar-refractivity contribution in [2.75, 3.05) is 0 Å². The number of rotatable bonds is 4. The second kappa shape index (κ2) is 8.06. The summed E-state index contributed by atoms with van der Waals surface area (Å²) in [6, 6.07) is 14.4. The first kappa shape index (κ1) is 19.8. The molecule has 0 saturated carbocycles. The quantitative estimate of drug-likeness (QED) is 0.421. The molecule has 4 rings (SSSR count). The van der Waals surface area contributed by atoms with Gasteiger partial charge < -0.3 is 4.42 Å². The maximum Gasteiger partial charge on any atom is 0.293 e. The van der Waals surface area contributed by atoms with Crippen molar-refractivity contribution < 1.29 is 18.4 Å². The Morgan fingerprint density at radius 3 is 2.66 bits per heavy atom. The molecule has 2 amide bonds. The molecule has 0 aliphatic carbocycles. The normalized spacial score (nSPS) is 15.6. The van der Waals surface area contributed by atoms with Crippen molar-refractivity contribution in [1.29, 1.82) is 0 Å². The Labute approximate surface area is 179 Å². The van der Waals surface area contributed by atoms with Crippen LogP contribution in [0.15, 0.2) is 63.9 Å². The molecule has 0 atom stereocenters. The first-order valence-corrected chi connectivity index (χ1v) is 10.0. The Bertz CT molecular complexity index is 1160. The van der Waals surface area contributed by atoms with Crippen LogP contribution in [0.3, 0.4) is 0 Å². The Kier molecular flexibility index (Phi) is 5.50. The SMILES string of the molecule is O=C1S/C(=C/c2ccc(-c3cc(Cl)ccc3Cl)o2)C(=O)N1Cc1ccccc1F. The van der Waals surface area contributed by atoms with Gasteiger partial charge in [-0.3, -0.25) is 14.5 Å². The predicted molar refractivity (Wildman–Crippen MR) is 112 cm³/mol. The zero-order valence-electron chi connectivity index (χ0n) is 14.7. The lowest BCUT2D eigenvalue weighted by molar-refractivity contribution is -0.123. The molecule has 0 radical (unpaired) electrons. The molecule has 4 nitrogen and oxygen atoms in total. The van der Waals surface area contributed by atoms with Crippen LogP contribution in [0.5, 0.6) is 0 Å². The highest BCUT2D eigenvalue weighted by Crippen LogP contribution is 2.36. The average molecular weight is 448 g/mol. The molecule has 3 aromatic rings. The van der Waals surface area contributed by atoms with Gasteiger partial charge in [0, 0.05) is 22.2 Å².